The van der Waals surface area contributed by atoms with Crippen LogP contribution in [0.1, 0.15) is 5.56 Å². The van der Waals surface area contributed by atoms with Crippen molar-refractivity contribution in [3.8, 4) is 17.2 Å². The van der Waals surface area contributed by atoms with Gasteiger partial charge in [-0.1, -0.05) is 45.9 Å². The molecule has 3 aromatic rings. The highest BCUT2D eigenvalue weighted by atomic mass is 79.9. The minimum absolute atomic E-state index is 0.497. The fraction of sp³-hybridized carbons (Fsp3) is 0.125. The van der Waals surface area contributed by atoms with Gasteiger partial charge in [0.2, 0.25) is 5.89 Å². The van der Waals surface area contributed by atoms with E-state index in [1.54, 1.807) is 7.11 Å². The lowest BCUT2D eigenvalue weighted by Gasteiger charge is -2.00. The van der Waals surface area contributed by atoms with Gasteiger partial charge in [0.25, 0.3) is 5.22 Å². The number of hydrogen-bond donors (Lipinski definition) is 0. The van der Waals surface area contributed by atoms with E-state index in [0.717, 1.165) is 21.5 Å². The Kier molecular flexibility index (Phi) is 4.80. The topological polar surface area (TPSA) is 48.2 Å². The molecule has 4 nitrogen and oxygen atoms in total. The maximum absolute atomic E-state index is 5.69. The zero-order valence-electron chi connectivity index (χ0n) is 11.8. The molecule has 0 N–H and O–H groups in total. The van der Waals surface area contributed by atoms with Crippen LogP contribution in [-0.2, 0) is 5.75 Å². The van der Waals surface area contributed by atoms with E-state index in [0.29, 0.717) is 11.1 Å². The van der Waals surface area contributed by atoms with Gasteiger partial charge in [-0.25, -0.2) is 0 Å². The minimum Gasteiger partial charge on any atom is -0.497 e. The number of ether oxygens (including phenoxy) is 1. The highest BCUT2D eigenvalue weighted by Crippen LogP contribution is 2.27. The molecule has 0 saturated heterocycles. The summed E-state index contributed by atoms with van der Waals surface area (Å²) in [5.41, 5.74) is 2.05. The number of thioether (sulfide) groups is 1. The van der Waals surface area contributed by atoms with Crippen molar-refractivity contribution in [1.29, 1.82) is 0 Å². The van der Waals surface area contributed by atoms with Crippen molar-refractivity contribution in [3.63, 3.8) is 0 Å². The SMILES string of the molecule is COc1cccc(-c2nnc(SCc3ccc(Br)cc3)o2)c1. The lowest BCUT2D eigenvalue weighted by Crippen LogP contribution is -1.83. The van der Waals surface area contributed by atoms with E-state index in [2.05, 4.69) is 38.3 Å². The van der Waals surface area contributed by atoms with E-state index in [-0.39, 0.29) is 0 Å². The van der Waals surface area contributed by atoms with Crippen LogP contribution in [0.25, 0.3) is 11.5 Å². The number of halogens is 1. The summed E-state index contributed by atoms with van der Waals surface area (Å²) in [4.78, 5) is 0. The molecule has 0 aliphatic rings. The summed E-state index contributed by atoms with van der Waals surface area (Å²) in [6, 6.07) is 15.7. The largest absolute Gasteiger partial charge is 0.497 e. The molecule has 6 heteroatoms. The molecule has 0 atom stereocenters. The van der Waals surface area contributed by atoms with E-state index >= 15 is 0 Å². The van der Waals surface area contributed by atoms with Crippen LogP contribution < -0.4 is 4.74 Å². The molecule has 0 radical (unpaired) electrons. The first-order valence-corrected chi connectivity index (χ1v) is 8.37. The lowest BCUT2D eigenvalue weighted by atomic mass is 10.2. The van der Waals surface area contributed by atoms with Gasteiger partial charge < -0.3 is 9.15 Å². The Morgan fingerprint density at radius 2 is 1.95 bits per heavy atom. The first kappa shape index (κ1) is 15.1. The van der Waals surface area contributed by atoms with E-state index in [4.69, 9.17) is 9.15 Å². The standard InChI is InChI=1S/C16H13BrN2O2S/c1-20-14-4-2-3-12(9-14)15-18-19-16(21-15)22-10-11-5-7-13(17)8-6-11/h2-9H,10H2,1H3. The summed E-state index contributed by atoms with van der Waals surface area (Å²) < 4.78 is 12.0. The van der Waals surface area contributed by atoms with Gasteiger partial charge in [-0.3, -0.25) is 0 Å². The van der Waals surface area contributed by atoms with Gasteiger partial charge in [0.15, 0.2) is 0 Å². The first-order valence-electron chi connectivity index (χ1n) is 6.60. The van der Waals surface area contributed by atoms with Gasteiger partial charge in [-0.2, -0.15) is 0 Å². The summed E-state index contributed by atoms with van der Waals surface area (Å²) in [5.74, 6) is 2.05. The third kappa shape index (κ3) is 3.69. The highest BCUT2D eigenvalue weighted by Gasteiger charge is 2.10. The molecule has 0 amide bonds. The Bertz CT molecular complexity index is 759. The minimum atomic E-state index is 0.497. The Hall–Kier alpha value is -1.79. The summed E-state index contributed by atoms with van der Waals surface area (Å²) >= 11 is 4.94. The van der Waals surface area contributed by atoms with E-state index in [9.17, 15) is 0 Å². The molecule has 0 spiro atoms. The van der Waals surface area contributed by atoms with Crippen LogP contribution in [0.15, 0.2) is 62.6 Å². The van der Waals surface area contributed by atoms with Crippen LogP contribution in [0, 0.1) is 0 Å². The van der Waals surface area contributed by atoms with E-state index < -0.39 is 0 Å². The molecule has 1 heterocycles. The number of rotatable bonds is 5. The van der Waals surface area contributed by atoms with Crippen molar-refractivity contribution in [1.82, 2.24) is 10.2 Å². The molecule has 3 rings (SSSR count). The Labute approximate surface area is 141 Å². The first-order chi connectivity index (χ1) is 10.7. The second kappa shape index (κ2) is 6.98. The van der Waals surface area contributed by atoms with Gasteiger partial charge in [-0.15, -0.1) is 10.2 Å². The zero-order valence-corrected chi connectivity index (χ0v) is 14.2. The predicted octanol–water partition coefficient (Wildman–Crippen LogP) is 4.80. The molecule has 22 heavy (non-hydrogen) atoms. The molecule has 0 unspecified atom stereocenters. The van der Waals surface area contributed by atoms with Crippen molar-refractivity contribution >= 4 is 27.7 Å². The van der Waals surface area contributed by atoms with Crippen molar-refractivity contribution in [2.45, 2.75) is 11.0 Å². The van der Waals surface area contributed by atoms with Crippen LogP contribution in [-0.4, -0.2) is 17.3 Å². The fourth-order valence-electron chi connectivity index (χ4n) is 1.87. The van der Waals surface area contributed by atoms with Crippen LogP contribution in [0.2, 0.25) is 0 Å². The van der Waals surface area contributed by atoms with Gasteiger partial charge in [0.05, 0.1) is 7.11 Å². The molecule has 0 aliphatic carbocycles. The van der Waals surface area contributed by atoms with Crippen LogP contribution in [0.3, 0.4) is 0 Å². The van der Waals surface area contributed by atoms with Gasteiger partial charge in [0, 0.05) is 15.8 Å². The van der Waals surface area contributed by atoms with Gasteiger partial charge in [0.1, 0.15) is 5.75 Å². The molecule has 1 aromatic heterocycles. The molecule has 0 fully saturated rings. The number of benzene rings is 2. The quantitative estimate of drug-likeness (QED) is 0.598. The van der Waals surface area contributed by atoms with Crippen LogP contribution >= 0.6 is 27.7 Å². The molecule has 0 aliphatic heterocycles. The summed E-state index contributed by atoms with van der Waals surface area (Å²) in [6.45, 7) is 0. The Balaban J connectivity index is 1.69. The normalized spacial score (nSPS) is 10.6. The smallest absolute Gasteiger partial charge is 0.277 e. The predicted molar refractivity (Wildman–Crippen MR) is 90.0 cm³/mol. The number of nitrogens with zero attached hydrogens (tertiary/aromatic N) is 2. The molecule has 2 aromatic carbocycles. The van der Waals surface area contributed by atoms with Crippen molar-refractivity contribution in [2.24, 2.45) is 0 Å². The monoisotopic (exact) mass is 376 g/mol. The third-order valence-corrected chi connectivity index (χ3v) is 4.42. The fourth-order valence-corrected chi connectivity index (χ4v) is 2.85. The number of aromatic nitrogens is 2. The maximum Gasteiger partial charge on any atom is 0.277 e. The molecule has 0 saturated carbocycles. The average Bonchev–Trinajstić information content (AvgIpc) is 3.03. The van der Waals surface area contributed by atoms with Crippen LogP contribution in [0.4, 0.5) is 0 Å². The van der Waals surface area contributed by atoms with Gasteiger partial charge >= 0.3 is 0 Å². The molecular formula is C16H13BrN2O2S. The van der Waals surface area contributed by atoms with Crippen LogP contribution in [0.5, 0.6) is 5.75 Å². The molecule has 0 bridgehead atoms. The zero-order chi connectivity index (χ0) is 15.4. The summed E-state index contributed by atoms with van der Waals surface area (Å²) in [6.07, 6.45) is 0. The average molecular weight is 377 g/mol. The molecule has 112 valence electrons. The second-order valence-electron chi connectivity index (χ2n) is 4.52. The second-order valence-corrected chi connectivity index (χ2v) is 6.36. The third-order valence-electron chi connectivity index (χ3n) is 3.00. The number of methoxy groups -OCH3 is 1. The highest BCUT2D eigenvalue weighted by molar-refractivity contribution is 9.10. The number of hydrogen-bond acceptors (Lipinski definition) is 5. The Morgan fingerprint density at radius 1 is 1.14 bits per heavy atom. The van der Waals surface area contributed by atoms with Crippen molar-refractivity contribution in [2.75, 3.05) is 7.11 Å². The lowest BCUT2D eigenvalue weighted by molar-refractivity contribution is 0.414. The molecular weight excluding hydrogens is 364 g/mol. The summed E-state index contributed by atoms with van der Waals surface area (Å²) in [5, 5.41) is 8.72. The van der Waals surface area contributed by atoms with E-state index in [1.165, 1.54) is 17.3 Å². The summed E-state index contributed by atoms with van der Waals surface area (Å²) in [7, 11) is 1.63. The van der Waals surface area contributed by atoms with Gasteiger partial charge in [-0.05, 0) is 35.9 Å². The van der Waals surface area contributed by atoms with Crippen molar-refractivity contribution < 1.29 is 9.15 Å². The maximum atomic E-state index is 5.69. The van der Waals surface area contributed by atoms with Crippen molar-refractivity contribution in [3.05, 3.63) is 58.6 Å². The Morgan fingerprint density at radius 3 is 2.73 bits per heavy atom. The van der Waals surface area contributed by atoms with E-state index in [1.807, 2.05) is 36.4 Å².